The zero-order chi connectivity index (χ0) is 38.1. The standard InChI is InChI=1S/C45H54N4O6/c1-6-48(7-2)19-8-18-46-45(50)49-21-16-31-26-41-39-28-35(31)36(49)24-30-11-14-38(51-4)40(25-30)54-33-12-9-29(10-13-33)23-37-43-32(15-20-47(37)3)27-42(52-5)44(55-41)34(43)17-22-53-39/h9,11-12,14,17,22,25-28,36-37H,6-8,10,13,15-16,18-21,23-24H2,1-5H3,(H,46,50)/t36-,37-/m0/s1. The number of benzene rings is 3. The number of urea groups is 1. The molecular formula is C45H54N4O6. The number of hydrogen-bond acceptors (Lipinski definition) is 8. The summed E-state index contributed by atoms with van der Waals surface area (Å²) in [7, 11) is 5.61. The minimum absolute atomic E-state index is 0.0589. The van der Waals surface area contributed by atoms with Gasteiger partial charge in [-0.15, -0.1) is 0 Å². The van der Waals surface area contributed by atoms with Gasteiger partial charge in [-0.3, -0.25) is 4.90 Å². The Bertz CT molecular complexity index is 2190. The van der Waals surface area contributed by atoms with Crippen molar-refractivity contribution in [2.24, 2.45) is 0 Å². The molecule has 12 bridgehead atoms. The first-order valence-corrected chi connectivity index (χ1v) is 20.0. The van der Waals surface area contributed by atoms with Crippen LogP contribution < -0.4 is 19.5 Å². The van der Waals surface area contributed by atoms with Crippen molar-refractivity contribution in [2.75, 3.05) is 60.5 Å². The molecular weight excluding hydrogens is 693 g/mol. The average Bonchev–Trinajstić information content (AvgIpc) is 3.19. The Balaban J connectivity index is 1.28. The topological polar surface area (TPSA) is 92.8 Å². The lowest BCUT2D eigenvalue weighted by Gasteiger charge is -2.38. The van der Waals surface area contributed by atoms with Gasteiger partial charge in [0.25, 0.3) is 0 Å². The lowest BCUT2D eigenvalue weighted by Crippen LogP contribution is -2.46. The maximum absolute atomic E-state index is 14.0. The molecule has 1 aromatic heterocycles. The van der Waals surface area contributed by atoms with Gasteiger partial charge < -0.3 is 38.2 Å². The molecule has 2 amide bonds. The highest BCUT2D eigenvalue weighted by atomic mass is 16.5. The third kappa shape index (κ3) is 7.42. The van der Waals surface area contributed by atoms with Crippen molar-refractivity contribution in [3.8, 4) is 17.2 Å². The average molecular weight is 747 g/mol. The monoisotopic (exact) mass is 746 g/mol. The Labute approximate surface area is 324 Å². The van der Waals surface area contributed by atoms with E-state index < -0.39 is 0 Å². The smallest absolute Gasteiger partial charge is 0.317 e. The van der Waals surface area contributed by atoms with Crippen LogP contribution in [0.3, 0.4) is 0 Å². The Morgan fingerprint density at radius 1 is 0.891 bits per heavy atom. The second kappa shape index (κ2) is 16.0. The van der Waals surface area contributed by atoms with Gasteiger partial charge in [0.05, 0.1) is 26.5 Å². The molecule has 10 heteroatoms. The van der Waals surface area contributed by atoms with Crippen molar-refractivity contribution < 1.29 is 27.8 Å². The van der Waals surface area contributed by atoms with Crippen molar-refractivity contribution >= 4 is 28.2 Å². The van der Waals surface area contributed by atoms with Crippen LogP contribution in [0.2, 0.25) is 0 Å². The van der Waals surface area contributed by atoms with Gasteiger partial charge in [-0.2, -0.15) is 0 Å². The SMILES string of the molecule is CCN(CC)CCCNC(=O)N1CCc2cc3oc4c(OC)cc5c6c4ccoc3cc2[C@@H]1Cc1ccc(OC)c(c1)OC1=CC=C(CC1)C[C@@H]6N(C)CC5. The molecule has 0 radical (unpaired) electrons. The van der Waals surface area contributed by atoms with Crippen molar-refractivity contribution in [1.82, 2.24) is 20.0 Å². The van der Waals surface area contributed by atoms with Crippen LogP contribution in [-0.2, 0) is 19.3 Å². The summed E-state index contributed by atoms with van der Waals surface area (Å²) in [5.74, 6) is 2.99. The first-order chi connectivity index (χ1) is 26.9. The molecule has 0 saturated heterocycles. The van der Waals surface area contributed by atoms with Crippen LogP contribution in [0, 0.1) is 0 Å². The summed E-state index contributed by atoms with van der Waals surface area (Å²) in [5.41, 5.74) is 9.07. The van der Waals surface area contributed by atoms with Crippen molar-refractivity contribution in [3.63, 3.8) is 0 Å². The fourth-order valence-electron chi connectivity index (χ4n) is 8.91. The predicted octanol–water partition coefficient (Wildman–Crippen LogP) is 8.82. The molecule has 8 heterocycles. The highest BCUT2D eigenvalue weighted by molar-refractivity contribution is 5.89. The number of amides is 2. The molecule has 1 N–H and O–H groups in total. The van der Waals surface area contributed by atoms with Crippen LogP contribution in [0.15, 0.2) is 81.0 Å². The van der Waals surface area contributed by atoms with E-state index in [4.69, 9.17) is 23.0 Å². The number of nitrogens with one attached hydrogen (secondary N) is 1. The number of likely N-dealkylation sites (N-methyl/N-ethyl adjacent to an activating group) is 1. The molecule has 0 spiro atoms. The maximum atomic E-state index is 14.0. The van der Waals surface area contributed by atoms with Gasteiger partial charge in [0.1, 0.15) is 5.76 Å². The van der Waals surface area contributed by atoms with Gasteiger partial charge in [-0.05, 0) is 135 Å². The second-order valence-electron chi connectivity index (χ2n) is 15.2. The van der Waals surface area contributed by atoms with E-state index in [-0.39, 0.29) is 18.1 Å². The van der Waals surface area contributed by atoms with Crippen LogP contribution in [-0.4, -0.2) is 81.3 Å². The fraction of sp³-hybridized carbons (Fsp3) is 0.444. The summed E-state index contributed by atoms with van der Waals surface area (Å²) in [4.78, 5) is 20.9. The van der Waals surface area contributed by atoms with Gasteiger partial charge in [0, 0.05) is 37.5 Å². The van der Waals surface area contributed by atoms with Crippen molar-refractivity contribution in [2.45, 2.75) is 70.9 Å². The summed E-state index contributed by atoms with van der Waals surface area (Å²) in [6.07, 6.45) is 11.8. The molecule has 3 aromatic carbocycles. The molecule has 0 saturated carbocycles. The van der Waals surface area contributed by atoms with Crippen LogP contribution in [0.4, 0.5) is 4.79 Å². The van der Waals surface area contributed by atoms with E-state index in [1.807, 2.05) is 17.0 Å². The van der Waals surface area contributed by atoms with Crippen LogP contribution in [0.5, 0.6) is 17.2 Å². The summed E-state index contributed by atoms with van der Waals surface area (Å²) < 4.78 is 31.8. The largest absolute Gasteiger partial charge is 0.493 e. The molecule has 12 rings (SSSR count). The lowest BCUT2D eigenvalue weighted by molar-refractivity contribution is 0.168. The van der Waals surface area contributed by atoms with Crippen LogP contribution in [0.1, 0.15) is 79.4 Å². The first-order valence-electron chi connectivity index (χ1n) is 20.0. The zero-order valence-electron chi connectivity index (χ0n) is 32.9. The van der Waals surface area contributed by atoms with Crippen molar-refractivity contribution in [3.05, 3.63) is 100 Å². The number of carbonyl (C=O) groups excluding carboxylic acids is 1. The zero-order valence-corrected chi connectivity index (χ0v) is 32.9. The molecule has 55 heavy (non-hydrogen) atoms. The molecule has 0 fully saturated rings. The van der Waals surface area contributed by atoms with Crippen LogP contribution >= 0.6 is 0 Å². The number of carbonyl (C=O) groups is 1. The Morgan fingerprint density at radius 2 is 1.73 bits per heavy atom. The number of rotatable bonds is 8. The quantitative estimate of drug-likeness (QED) is 0.179. The van der Waals surface area contributed by atoms with Crippen LogP contribution in [0.25, 0.3) is 22.1 Å². The highest BCUT2D eigenvalue weighted by Gasteiger charge is 2.33. The summed E-state index contributed by atoms with van der Waals surface area (Å²) >= 11 is 0. The third-order valence-electron chi connectivity index (χ3n) is 12.1. The fourth-order valence-corrected chi connectivity index (χ4v) is 8.91. The van der Waals surface area contributed by atoms with Gasteiger partial charge in [0.2, 0.25) is 0 Å². The second-order valence-corrected chi connectivity index (χ2v) is 15.2. The van der Waals surface area contributed by atoms with E-state index in [0.29, 0.717) is 59.9 Å². The van der Waals surface area contributed by atoms with Crippen molar-refractivity contribution in [1.29, 1.82) is 0 Å². The number of nitrogens with zero attached hydrogens (tertiary/aromatic N) is 3. The molecule has 7 aliphatic heterocycles. The minimum Gasteiger partial charge on any atom is -0.493 e. The molecule has 0 unspecified atom stereocenters. The molecule has 10 nitrogen and oxygen atoms in total. The van der Waals surface area contributed by atoms with E-state index in [1.54, 1.807) is 20.5 Å². The normalized spacial score (nSPS) is 19.3. The van der Waals surface area contributed by atoms with E-state index in [2.05, 4.69) is 78.5 Å². The van der Waals surface area contributed by atoms with E-state index in [9.17, 15) is 4.79 Å². The maximum Gasteiger partial charge on any atom is 0.317 e. The molecule has 8 aliphatic rings. The van der Waals surface area contributed by atoms with E-state index in [0.717, 1.165) is 86.1 Å². The number of ether oxygens (including phenoxy) is 3. The lowest BCUT2D eigenvalue weighted by atomic mass is 9.84. The Kier molecular flexibility index (Phi) is 10.8. The van der Waals surface area contributed by atoms with E-state index >= 15 is 0 Å². The number of allylic oxidation sites excluding steroid dienone is 3. The molecule has 1 aliphatic carbocycles. The van der Waals surface area contributed by atoms with Gasteiger partial charge in [0.15, 0.2) is 34.0 Å². The predicted molar refractivity (Wildman–Crippen MR) is 216 cm³/mol. The Morgan fingerprint density at radius 3 is 2.51 bits per heavy atom. The third-order valence-corrected chi connectivity index (χ3v) is 12.1. The summed E-state index contributed by atoms with van der Waals surface area (Å²) in [6.45, 7) is 9.44. The molecule has 290 valence electrons. The van der Waals surface area contributed by atoms with Gasteiger partial charge >= 0.3 is 6.03 Å². The van der Waals surface area contributed by atoms with Gasteiger partial charge in [-0.1, -0.05) is 31.6 Å². The van der Waals surface area contributed by atoms with E-state index in [1.165, 1.54) is 16.7 Å². The Hall–Kier alpha value is -4.93. The minimum atomic E-state index is -0.258. The molecule has 4 aromatic rings. The summed E-state index contributed by atoms with van der Waals surface area (Å²) in [6, 6.07) is 14.3. The number of hydrogen-bond donors (Lipinski definition) is 1. The van der Waals surface area contributed by atoms with Gasteiger partial charge in [-0.25, -0.2) is 4.79 Å². The summed E-state index contributed by atoms with van der Waals surface area (Å²) in [5, 5.41) is 4.24. The molecule has 2 atom stereocenters. The number of methoxy groups -OCH3 is 2. The first kappa shape index (κ1) is 37.0. The highest BCUT2D eigenvalue weighted by Crippen LogP contribution is 2.44.